The van der Waals surface area contributed by atoms with Gasteiger partial charge in [-0.3, -0.25) is 9.10 Å². The molecule has 1 heterocycles. The number of carbonyl (C=O) groups is 1. The Hall–Kier alpha value is -3.46. The minimum atomic E-state index is -3.88. The molecule has 0 spiro atoms. The van der Waals surface area contributed by atoms with Gasteiger partial charge in [-0.05, 0) is 57.5 Å². The molecule has 0 bridgehead atoms. The first-order chi connectivity index (χ1) is 15.5. The molecule has 7 nitrogen and oxygen atoms in total. The van der Waals surface area contributed by atoms with Crippen molar-refractivity contribution in [3.63, 3.8) is 0 Å². The van der Waals surface area contributed by atoms with Crippen LogP contribution in [0.2, 0.25) is 0 Å². The Morgan fingerprint density at radius 1 is 1.12 bits per heavy atom. The fourth-order valence-corrected chi connectivity index (χ4v) is 4.58. The van der Waals surface area contributed by atoms with Crippen LogP contribution in [-0.4, -0.2) is 37.9 Å². The molecule has 1 N–H and O–H groups in total. The Bertz CT molecular complexity index is 1330. The molecule has 0 fully saturated rings. The number of nitrogens with one attached hydrogen (secondary N) is 1. The van der Waals surface area contributed by atoms with Crippen molar-refractivity contribution in [3.8, 4) is 5.69 Å². The number of halogens is 1. The molecule has 2 aromatic carbocycles. The third-order valence-electron chi connectivity index (χ3n) is 5.27. The molecule has 0 saturated heterocycles. The maximum atomic E-state index is 14.1. The highest BCUT2D eigenvalue weighted by molar-refractivity contribution is 7.92. The minimum absolute atomic E-state index is 0.198. The van der Waals surface area contributed by atoms with Gasteiger partial charge in [-0.15, -0.1) is 0 Å². The molecule has 9 heteroatoms. The molecular formula is C24H27FN4O3S. The number of carbonyl (C=O) groups excluding carboxylic acids is 1. The lowest BCUT2D eigenvalue weighted by Gasteiger charge is -2.21. The van der Waals surface area contributed by atoms with E-state index >= 15 is 0 Å². The molecule has 0 aliphatic rings. The number of hydrazone groups is 1. The molecule has 0 saturated carbocycles. The summed E-state index contributed by atoms with van der Waals surface area (Å²) < 4.78 is 41.2. The summed E-state index contributed by atoms with van der Waals surface area (Å²) >= 11 is 0. The van der Waals surface area contributed by atoms with Gasteiger partial charge < -0.3 is 4.57 Å². The summed E-state index contributed by atoms with van der Waals surface area (Å²) in [5, 5.41) is 3.99. The van der Waals surface area contributed by atoms with Crippen LogP contribution in [0, 0.1) is 33.5 Å². The van der Waals surface area contributed by atoms with Crippen molar-refractivity contribution < 1.29 is 17.6 Å². The van der Waals surface area contributed by atoms with E-state index in [9.17, 15) is 17.6 Å². The summed E-state index contributed by atoms with van der Waals surface area (Å²) in [6.45, 7) is 7.45. The van der Waals surface area contributed by atoms with E-state index < -0.39 is 28.3 Å². The maximum absolute atomic E-state index is 14.1. The highest BCUT2D eigenvalue weighted by atomic mass is 32.2. The van der Waals surface area contributed by atoms with Crippen molar-refractivity contribution in [2.75, 3.05) is 17.1 Å². The van der Waals surface area contributed by atoms with Crippen LogP contribution in [0.5, 0.6) is 0 Å². The Morgan fingerprint density at radius 2 is 1.82 bits per heavy atom. The number of hydrogen-bond acceptors (Lipinski definition) is 4. The van der Waals surface area contributed by atoms with Crippen molar-refractivity contribution in [3.05, 3.63) is 82.4 Å². The SMILES string of the molecule is Cc1ccc(-n2c(C)cc(/C=N\NC(=O)CN(c3ccccc3F)S(C)(=O)=O)c2C)c(C)c1. The zero-order valence-electron chi connectivity index (χ0n) is 19.3. The summed E-state index contributed by atoms with van der Waals surface area (Å²) in [7, 11) is -3.88. The zero-order chi connectivity index (χ0) is 24.3. The molecule has 0 aliphatic heterocycles. The topological polar surface area (TPSA) is 83.8 Å². The number of aryl methyl sites for hydroxylation is 3. The van der Waals surface area contributed by atoms with Crippen LogP contribution in [-0.2, 0) is 14.8 Å². The van der Waals surface area contributed by atoms with Crippen molar-refractivity contribution in [1.29, 1.82) is 0 Å². The van der Waals surface area contributed by atoms with Crippen molar-refractivity contribution >= 4 is 27.8 Å². The Balaban J connectivity index is 1.77. The third-order valence-corrected chi connectivity index (χ3v) is 6.39. The van der Waals surface area contributed by atoms with Crippen molar-refractivity contribution in [2.24, 2.45) is 5.10 Å². The first kappa shape index (κ1) is 24.2. The van der Waals surface area contributed by atoms with Crippen LogP contribution in [0.15, 0.2) is 53.6 Å². The van der Waals surface area contributed by atoms with Gasteiger partial charge in [0.1, 0.15) is 12.4 Å². The molecule has 0 unspecified atom stereocenters. The van der Waals surface area contributed by atoms with Gasteiger partial charge in [-0.2, -0.15) is 5.10 Å². The van der Waals surface area contributed by atoms with E-state index in [0.29, 0.717) is 4.31 Å². The maximum Gasteiger partial charge on any atom is 0.260 e. The predicted octanol–water partition coefficient (Wildman–Crippen LogP) is 3.77. The van der Waals surface area contributed by atoms with Gasteiger partial charge in [0.25, 0.3) is 5.91 Å². The van der Waals surface area contributed by atoms with Crippen LogP contribution < -0.4 is 9.73 Å². The largest absolute Gasteiger partial charge is 0.318 e. The Labute approximate surface area is 193 Å². The lowest BCUT2D eigenvalue weighted by molar-refractivity contribution is -0.119. The van der Waals surface area contributed by atoms with E-state index in [-0.39, 0.29) is 5.69 Å². The summed E-state index contributed by atoms with van der Waals surface area (Å²) in [5.41, 5.74) is 8.28. The van der Waals surface area contributed by atoms with Crippen LogP contribution in [0.3, 0.4) is 0 Å². The number of nitrogens with zero attached hydrogens (tertiary/aromatic N) is 3. The van der Waals surface area contributed by atoms with E-state index in [1.807, 2.05) is 26.8 Å². The number of rotatable bonds is 7. The van der Waals surface area contributed by atoms with Crippen molar-refractivity contribution in [2.45, 2.75) is 27.7 Å². The average molecular weight is 471 g/mol. The number of amides is 1. The third kappa shape index (κ3) is 5.48. The summed E-state index contributed by atoms with van der Waals surface area (Å²) in [5.74, 6) is -1.43. The highest BCUT2D eigenvalue weighted by Gasteiger charge is 2.23. The second-order valence-electron chi connectivity index (χ2n) is 7.97. The highest BCUT2D eigenvalue weighted by Crippen LogP contribution is 2.23. The van der Waals surface area contributed by atoms with E-state index in [1.54, 1.807) is 0 Å². The molecule has 3 aromatic rings. The van der Waals surface area contributed by atoms with Crippen LogP contribution in [0.4, 0.5) is 10.1 Å². The minimum Gasteiger partial charge on any atom is -0.318 e. The monoisotopic (exact) mass is 470 g/mol. The fraction of sp³-hybridized carbons (Fsp3) is 0.250. The van der Waals surface area contributed by atoms with Crippen molar-refractivity contribution in [1.82, 2.24) is 9.99 Å². The van der Waals surface area contributed by atoms with Gasteiger partial charge in [0.2, 0.25) is 10.0 Å². The second-order valence-corrected chi connectivity index (χ2v) is 9.87. The summed E-state index contributed by atoms with van der Waals surface area (Å²) in [6, 6.07) is 13.6. The number of para-hydroxylation sites is 1. The van der Waals surface area contributed by atoms with Gasteiger partial charge >= 0.3 is 0 Å². The van der Waals surface area contributed by atoms with Crippen LogP contribution in [0.1, 0.15) is 28.1 Å². The number of hydrogen-bond donors (Lipinski definition) is 1. The lowest BCUT2D eigenvalue weighted by atomic mass is 10.1. The molecule has 174 valence electrons. The molecule has 33 heavy (non-hydrogen) atoms. The second kappa shape index (κ2) is 9.58. The van der Waals surface area contributed by atoms with Gasteiger partial charge in [0.15, 0.2) is 0 Å². The number of sulfonamides is 1. The quantitative estimate of drug-likeness (QED) is 0.422. The normalized spacial score (nSPS) is 11.7. The number of aromatic nitrogens is 1. The molecular weight excluding hydrogens is 443 g/mol. The zero-order valence-corrected chi connectivity index (χ0v) is 20.1. The van der Waals surface area contributed by atoms with E-state index in [2.05, 4.69) is 40.2 Å². The number of anilines is 1. The molecule has 1 amide bonds. The predicted molar refractivity (Wildman–Crippen MR) is 129 cm³/mol. The van der Waals surface area contributed by atoms with Gasteiger partial charge in [0, 0.05) is 22.6 Å². The van der Waals surface area contributed by atoms with Gasteiger partial charge in [0.05, 0.1) is 18.2 Å². The van der Waals surface area contributed by atoms with E-state index in [0.717, 1.165) is 40.5 Å². The smallest absolute Gasteiger partial charge is 0.260 e. The first-order valence-corrected chi connectivity index (χ1v) is 12.1. The van der Waals surface area contributed by atoms with E-state index in [1.165, 1.54) is 30.0 Å². The van der Waals surface area contributed by atoms with Crippen LogP contribution in [0.25, 0.3) is 5.69 Å². The van der Waals surface area contributed by atoms with Gasteiger partial charge in [-0.25, -0.2) is 18.2 Å². The van der Waals surface area contributed by atoms with Gasteiger partial charge in [-0.1, -0.05) is 29.8 Å². The number of benzene rings is 2. The Morgan fingerprint density at radius 3 is 2.45 bits per heavy atom. The fourth-order valence-electron chi connectivity index (χ4n) is 3.72. The standard InChI is InChI=1S/C24H27FN4O3S/c1-16-10-11-22(17(2)12-16)29-18(3)13-20(19(29)4)14-26-27-24(30)15-28(33(5,31)32)23-9-7-6-8-21(23)25/h6-14H,15H2,1-5H3,(H,27,30)/b26-14-. The molecule has 0 radical (unpaired) electrons. The molecule has 0 aliphatic carbocycles. The van der Waals surface area contributed by atoms with E-state index in [4.69, 9.17) is 0 Å². The van der Waals surface area contributed by atoms with Crippen LogP contribution >= 0.6 is 0 Å². The lowest BCUT2D eigenvalue weighted by Crippen LogP contribution is -2.39. The molecule has 1 aromatic heterocycles. The average Bonchev–Trinajstić information content (AvgIpc) is 3.00. The first-order valence-electron chi connectivity index (χ1n) is 10.3. The molecule has 3 rings (SSSR count). The summed E-state index contributed by atoms with van der Waals surface area (Å²) in [4.78, 5) is 12.4. The molecule has 0 atom stereocenters. The Kier molecular flexibility index (Phi) is 7.02. The summed E-state index contributed by atoms with van der Waals surface area (Å²) in [6.07, 6.45) is 2.42.